The molecule has 1 aromatic carbocycles. The van der Waals surface area contributed by atoms with Crippen molar-refractivity contribution < 1.29 is 10.2 Å². The predicted molar refractivity (Wildman–Crippen MR) is 64.7 cm³/mol. The molecule has 0 aliphatic heterocycles. The number of rotatable bonds is 1. The van der Waals surface area contributed by atoms with E-state index in [0.717, 1.165) is 0 Å². The molecule has 0 amide bonds. The van der Waals surface area contributed by atoms with Crippen LogP contribution in [0.4, 0.5) is 0 Å². The van der Waals surface area contributed by atoms with Gasteiger partial charge in [-0.2, -0.15) is 0 Å². The molecule has 0 fully saturated rings. The third kappa shape index (κ3) is 1.84. The highest BCUT2D eigenvalue weighted by Crippen LogP contribution is 2.43. The Kier molecular flexibility index (Phi) is 2.98. The number of benzene rings is 1. The van der Waals surface area contributed by atoms with Crippen LogP contribution in [0, 0.1) is 0 Å². The van der Waals surface area contributed by atoms with Crippen LogP contribution in [0.15, 0.2) is 47.5 Å². The Labute approximate surface area is 103 Å². The van der Waals surface area contributed by atoms with Gasteiger partial charge in [-0.1, -0.05) is 35.9 Å². The van der Waals surface area contributed by atoms with Crippen LogP contribution < -0.4 is 0 Å². The lowest BCUT2D eigenvalue weighted by Crippen LogP contribution is -2.32. The molecule has 0 aromatic heterocycles. The Morgan fingerprint density at radius 1 is 1.25 bits per heavy atom. The largest absolute Gasteiger partial charge is 0.508 e. The highest BCUT2D eigenvalue weighted by Gasteiger charge is 2.38. The molecule has 1 aromatic rings. The van der Waals surface area contributed by atoms with E-state index in [1.54, 1.807) is 24.3 Å². The van der Waals surface area contributed by atoms with E-state index in [0.29, 0.717) is 10.6 Å². The number of halogens is 2. The van der Waals surface area contributed by atoms with Crippen molar-refractivity contribution in [1.29, 1.82) is 0 Å². The van der Waals surface area contributed by atoms with Gasteiger partial charge in [-0.15, -0.1) is 11.6 Å². The van der Waals surface area contributed by atoms with Crippen molar-refractivity contribution in [2.45, 2.75) is 11.0 Å². The number of hydrogen-bond acceptors (Lipinski definition) is 2. The zero-order chi connectivity index (χ0) is 11.8. The molecule has 1 aliphatic rings. The van der Waals surface area contributed by atoms with Crippen LogP contribution in [0.3, 0.4) is 0 Å². The molecule has 84 valence electrons. The van der Waals surface area contributed by atoms with E-state index >= 15 is 0 Å². The summed E-state index contributed by atoms with van der Waals surface area (Å²) in [5, 5.41) is 20.1. The number of phenols is 1. The lowest BCUT2D eigenvalue weighted by atomic mass is 9.88. The van der Waals surface area contributed by atoms with Gasteiger partial charge in [-0.3, -0.25) is 0 Å². The molecule has 2 N–H and O–H groups in total. The topological polar surface area (TPSA) is 40.5 Å². The van der Waals surface area contributed by atoms with E-state index in [-0.39, 0.29) is 5.75 Å². The number of para-hydroxylation sites is 1. The van der Waals surface area contributed by atoms with Crippen molar-refractivity contribution in [1.82, 2.24) is 0 Å². The highest BCUT2D eigenvalue weighted by molar-refractivity contribution is 6.33. The summed E-state index contributed by atoms with van der Waals surface area (Å²) in [6.07, 6.45) is 3.68. The van der Waals surface area contributed by atoms with Crippen molar-refractivity contribution in [3.8, 4) is 5.75 Å². The van der Waals surface area contributed by atoms with E-state index < -0.39 is 11.0 Å². The molecule has 2 atom stereocenters. The first-order valence-corrected chi connectivity index (χ1v) is 5.51. The van der Waals surface area contributed by atoms with E-state index in [4.69, 9.17) is 23.2 Å². The number of hydrogen-bond donors (Lipinski definition) is 2. The number of phenolic OH excluding ortho intramolecular Hbond substituents is 1. The van der Waals surface area contributed by atoms with Crippen LogP contribution in [0.2, 0.25) is 0 Å². The summed E-state index contributed by atoms with van der Waals surface area (Å²) >= 11 is 12.2. The van der Waals surface area contributed by atoms with Gasteiger partial charge in [0.25, 0.3) is 0 Å². The lowest BCUT2D eigenvalue weighted by Gasteiger charge is -2.30. The molecule has 0 saturated heterocycles. The second kappa shape index (κ2) is 4.13. The van der Waals surface area contributed by atoms with Crippen molar-refractivity contribution in [3.63, 3.8) is 0 Å². The fraction of sp³-hybridized carbons (Fsp3) is 0.167. The van der Waals surface area contributed by atoms with Crippen LogP contribution in [0.25, 0.3) is 0 Å². The summed E-state index contributed by atoms with van der Waals surface area (Å²) in [5.74, 6) is 0.0348. The van der Waals surface area contributed by atoms with Crippen LogP contribution in [-0.4, -0.2) is 16.3 Å². The van der Waals surface area contributed by atoms with Crippen LogP contribution >= 0.6 is 23.2 Å². The first-order chi connectivity index (χ1) is 7.54. The molecule has 0 heterocycles. The Balaban J connectivity index is 2.54. The first-order valence-electron chi connectivity index (χ1n) is 4.76. The van der Waals surface area contributed by atoms with Crippen molar-refractivity contribution in [3.05, 3.63) is 53.1 Å². The molecular weight excluding hydrogens is 247 g/mol. The standard InChI is InChI=1S/C12H10Cl2O2/c13-8-5-6-11(16)12(14,7-8)9-3-1-2-4-10(9)15/h1-7,11,15-16H. The van der Waals surface area contributed by atoms with Gasteiger partial charge < -0.3 is 10.2 Å². The number of allylic oxidation sites excluding steroid dienone is 2. The summed E-state index contributed by atoms with van der Waals surface area (Å²) in [6, 6.07) is 6.61. The maximum Gasteiger partial charge on any atom is 0.122 e. The fourth-order valence-corrected chi connectivity index (χ4v) is 2.34. The Bertz CT molecular complexity index is 468. The van der Waals surface area contributed by atoms with Crippen molar-refractivity contribution in [2.75, 3.05) is 0 Å². The lowest BCUT2D eigenvalue weighted by molar-refractivity contribution is 0.187. The van der Waals surface area contributed by atoms with Crippen molar-refractivity contribution >= 4 is 23.2 Å². The van der Waals surface area contributed by atoms with E-state index in [2.05, 4.69) is 0 Å². The summed E-state index contributed by atoms with van der Waals surface area (Å²) in [6.45, 7) is 0. The molecule has 0 radical (unpaired) electrons. The average Bonchev–Trinajstić information content (AvgIpc) is 2.24. The van der Waals surface area contributed by atoms with Gasteiger partial charge in [-0.25, -0.2) is 0 Å². The van der Waals surface area contributed by atoms with Gasteiger partial charge in [-0.05, 0) is 18.2 Å². The average molecular weight is 257 g/mol. The van der Waals surface area contributed by atoms with Gasteiger partial charge in [0.15, 0.2) is 0 Å². The highest BCUT2D eigenvalue weighted by atomic mass is 35.5. The molecule has 0 saturated carbocycles. The Hall–Kier alpha value is -0.960. The van der Waals surface area contributed by atoms with E-state index in [1.807, 2.05) is 0 Å². The molecule has 2 unspecified atom stereocenters. The maximum absolute atomic E-state index is 9.89. The smallest absolute Gasteiger partial charge is 0.122 e. The second-order valence-electron chi connectivity index (χ2n) is 3.62. The predicted octanol–water partition coefficient (Wildman–Crippen LogP) is 2.88. The molecule has 2 rings (SSSR count). The Morgan fingerprint density at radius 3 is 2.62 bits per heavy atom. The second-order valence-corrected chi connectivity index (χ2v) is 4.68. The fourth-order valence-electron chi connectivity index (χ4n) is 1.69. The van der Waals surface area contributed by atoms with Crippen LogP contribution in [0.1, 0.15) is 5.56 Å². The van der Waals surface area contributed by atoms with Crippen LogP contribution in [-0.2, 0) is 4.87 Å². The summed E-state index contributed by atoms with van der Waals surface area (Å²) < 4.78 is 0. The third-order valence-electron chi connectivity index (χ3n) is 2.53. The molecule has 4 heteroatoms. The number of alkyl halides is 1. The minimum absolute atomic E-state index is 0.0348. The minimum Gasteiger partial charge on any atom is -0.508 e. The quantitative estimate of drug-likeness (QED) is 0.759. The zero-order valence-corrected chi connectivity index (χ0v) is 9.78. The van der Waals surface area contributed by atoms with Crippen LogP contribution in [0.5, 0.6) is 5.75 Å². The SMILES string of the molecule is Oc1ccccc1C1(Cl)C=C(Cl)C=CC1O. The third-order valence-corrected chi connectivity index (χ3v) is 3.30. The maximum atomic E-state index is 9.89. The summed E-state index contributed by atoms with van der Waals surface area (Å²) in [4.78, 5) is -1.21. The van der Waals surface area contributed by atoms with Gasteiger partial charge >= 0.3 is 0 Å². The van der Waals surface area contributed by atoms with E-state index in [1.165, 1.54) is 18.2 Å². The molecule has 0 spiro atoms. The molecule has 0 bridgehead atoms. The summed E-state index contributed by atoms with van der Waals surface area (Å²) in [5.41, 5.74) is 0.437. The van der Waals surface area contributed by atoms with Gasteiger partial charge in [0.1, 0.15) is 10.6 Å². The number of aliphatic hydroxyl groups excluding tert-OH is 1. The van der Waals surface area contributed by atoms with Gasteiger partial charge in [0.05, 0.1) is 6.10 Å². The molecular formula is C12H10Cl2O2. The van der Waals surface area contributed by atoms with E-state index in [9.17, 15) is 10.2 Å². The van der Waals surface area contributed by atoms with Gasteiger partial charge in [0.2, 0.25) is 0 Å². The zero-order valence-electron chi connectivity index (χ0n) is 8.27. The van der Waals surface area contributed by atoms with Gasteiger partial charge in [0, 0.05) is 10.6 Å². The molecule has 1 aliphatic carbocycles. The van der Waals surface area contributed by atoms with Crippen molar-refractivity contribution in [2.24, 2.45) is 0 Å². The molecule has 2 nitrogen and oxygen atoms in total. The molecule has 16 heavy (non-hydrogen) atoms. The normalized spacial score (nSPS) is 28.9. The minimum atomic E-state index is -1.21. The number of aliphatic hydroxyl groups is 1. The first kappa shape index (κ1) is 11.5. The number of aromatic hydroxyl groups is 1. The monoisotopic (exact) mass is 256 g/mol. The Morgan fingerprint density at radius 2 is 1.94 bits per heavy atom. The summed E-state index contributed by atoms with van der Waals surface area (Å²) in [7, 11) is 0.